The van der Waals surface area contributed by atoms with Crippen LogP contribution in [-0.4, -0.2) is 16.3 Å². The van der Waals surface area contributed by atoms with Crippen molar-refractivity contribution in [2.24, 2.45) is 0 Å². The Balaban J connectivity index is 2.31. The van der Waals surface area contributed by atoms with Crippen LogP contribution in [0.15, 0.2) is 18.3 Å². The Kier molecular flexibility index (Phi) is 4.57. The summed E-state index contributed by atoms with van der Waals surface area (Å²) in [4.78, 5) is 11.3. The van der Waals surface area contributed by atoms with E-state index in [9.17, 15) is 4.79 Å². The van der Waals surface area contributed by atoms with E-state index in [0.717, 1.165) is 12.2 Å². The summed E-state index contributed by atoms with van der Waals surface area (Å²) in [6.07, 6.45) is 1.54. The summed E-state index contributed by atoms with van der Waals surface area (Å²) in [7, 11) is 0. The number of aromatic nitrogens is 1. The zero-order valence-corrected chi connectivity index (χ0v) is 10.9. The highest BCUT2D eigenvalue weighted by Gasteiger charge is 2.15. The molecule has 0 aromatic carbocycles. The predicted molar refractivity (Wildman–Crippen MR) is 66.3 cm³/mol. The maximum atomic E-state index is 11.3. The first kappa shape index (κ1) is 13.6. The SMILES string of the molecule is CCn1cccc1CNNC(=O)OC(C)(C)C. The van der Waals surface area contributed by atoms with Crippen LogP contribution in [0.2, 0.25) is 0 Å². The van der Waals surface area contributed by atoms with Crippen LogP contribution < -0.4 is 10.9 Å². The predicted octanol–water partition coefficient (Wildman–Crippen LogP) is 2.04. The Morgan fingerprint density at radius 3 is 2.76 bits per heavy atom. The third-order valence-electron chi connectivity index (χ3n) is 2.12. The molecule has 0 fully saturated rings. The molecule has 0 aliphatic carbocycles. The summed E-state index contributed by atoms with van der Waals surface area (Å²) >= 11 is 0. The number of hydrogen-bond acceptors (Lipinski definition) is 3. The number of amides is 1. The van der Waals surface area contributed by atoms with Crippen molar-refractivity contribution in [2.45, 2.75) is 46.4 Å². The molecular weight excluding hydrogens is 218 g/mol. The first-order valence-electron chi connectivity index (χ1n) is 5.78. The van der Waals surface area contributed by atoms with Gasteiger partial charge in [-0.1, -0.05) is 0 Å². The lowest BCUT2D eigenvalue weighted by Crippen LogP contribution is -2.41. The molecule has 0 aliphatic heterocycles. The van der Waals surface area contributed by atoms with E-state index >= 15 is 0 Å². The largest absolute Gasteiger partial charge is 0.443 e. The molecule has 0 bridgehead atoms. The summed E-state index contributed by atoms with van der Waals surface area (Å²) in [5, 5.41) is 0. The molecule has 1 rings (SSSR count). The first-order chi connectivity index (χ1) is 7.92. The molecular formula is C12H21N3O2. The third kappa shape index (κ3) is 4.91. The highest BCUT2D eigenvalue weighted by molar-refractivity contribution is 5.66. The zero-order chi connectivity index (χ0) is 12.9. The average Bonchev–Trinajstić information content (AvgIpc) is 2.62. The van der Waals surface area contributed by atoms with Crippen LogP contribution in [-0.2, 0) is 17.8 Å². The first-order valence-corrected chi connectivity index (χ1v) is 5.78. The fraction of sp³-hybridized carbons (Fsp3) is 0.583. The van der Waals surface area contributed by atoms with Crippen LogP contribution in [0, 0.1) is 0 Å². The number of hydrogen-bond donors (Lipinski definition) is 2. The number of rotatable bonds is 4. The van der Waals surface area contributed by atoms with Gasteiger partial charge in [0.15, 0.2) is 0 Å². The lowest BCUT2D eigenvalue weighted by Gasteiger charge is -2.19. The number of hydrazine groups is 1. The molecule has 1 heterocycles. The fourth-order valence-electron chi connectivity index (χ4n) is 1.43. The quantitative estimate of drug-likeness (QED) is 0.790. The Bertz CT molecular complexity index is 366. The molecule has 5 heteroatoms. The van der Waals surface area contributed by atoms with Crippen LogP contribution in [0.25, 0.3) is 0 Å². The van der Waals surface area contributed by atoms with Gasteiger partial charge in [0, 0.05) is 18.4 Å². The number of carbonyl (C=O) groups is 1. The van der Waals surface area contributed by atoms with Gasteiger partial charge in [-0.05, 0) is 39.8 Å². The number of aryl methyl sites for hydroxylation is 1. The van der Waals surface area contributed by atoms with Crippen LogP contribution >= 0.6 is 0 Å². The maximum absolute atomic E-state index is 11.3. The van der Waals surface area contributed by atoms with Gasteiger partial charge in [-0.15, -0.1) is 0 Å². The highest BCUT2D eigenvalue weighted by Crippen LogP contribution is 2.06. The van der Waals surface area contributed by atoms with Gasteiger partial charge in [-0.2, -0.15) is 0 Å². The molecule has 1 amide bonds. The molecule has 1 aromatic heterocycles. The van der Waals surface area contributed by atoms with E-state index in [2.05, 4.69) is 22.3 Å². The molecule has 0 saturated carbocycles. The molecule has 2 N–H and O–H groups in total. The van der Waals surface area contributed by atoms with Gasteiger partial charge in [-0.25, -0.2) is 10.2 Å². The van der Waals surface area contributed by atoms with Crippen molar-refractivity contribution < 1.29 is 9.53 Å². The summed E-state index contributed by atoms with van der Waals surface area (Å²) in [5.41, 5.74) is 5.98. The number of ether oxygens (including phenoxy) is 1. The highest BCUT2D eigenvalue weighted by atomic mass is 16.6. The Hall–Kier alpha value is -1.49. The fourth-order valence-corrected chi connectivity index (χ4v) is 1.43. The number of nitrogens with zero attached hydrogens (tertiary/aromatic N) is 1. The molecule has 1 aromatic rings. The standard InChI is InChI=1S/C12H21N3O2/c1-5-15-8-6-7-10(15)9-13-14-11(16)17-12(2,3)4/h6-8,13H,5,9H2,1-4H3,(H,14,16). The Morgan fingerprint density at radius 1 is 1.47 bits per heavy atom. The monoisotopic (exact) mass is 239 g/mol. The van der Waals surface area contributed by atoms with Crippen molar-refractivity contribution >= 4 is 6.09 Å². The second-order valence-corrected chi connectivity index (χ2v) is 4.77. The third-order valence-corrected chi connectivity index (χ3v) is 2.12. The van der Waals surface area contributed by atoms with Gasteiger partial charge in [0.2, 0.25) is 0 Å². The molecule has 96 valence electrons. The molecule has 0 aliphatic rings. The van der Waals surface area contributed by atoms with E-state index in [0.29, 0.717) is 6.54 Å². The summed E-state index contributed by atoms with van der Waals surface area (Å²) < 4.78 is 7.20. The van der Waals surface area contributed by atoms with E-state index in [-0.39, 0.29) is 0 Å². The zero-order valence-electron chi connectivity index (χ0n) is 10.9. The molecule has 0 atom stereocenters. The van der Waals surface area contributed by atoms with Gasteiger partial charge in [0.05, 0.1) is 6.54 Å². The topological polar surface area (TPSA) is 55.3 Å². The van der Waals surface area contributed by atoms with Crippen molar-refractivity contribution in [2.75, 3.05) is 0 Å². The second-order valence-electron chi connectivity index (χ2n) is 4.77. The second kappa shape index (κ2) is 5.72. The van der Waals surface area contributed by atoms with Gasteiger partial charge >= 0.3 is 6.09 Å². The van der Waals surface area contributed by atoms with E-state index in [1.807, 2.05) is 39.1 Å². The number of carbonyl (C=O) groups excluding carboxylic acids is 1. The minimum atomic E-state index is -0.477. The molecule has 0 unspecified atom stereocenters. The van der Waals surface area contributed by atoms with Crippen LogP contribution in [0.4, 0.5) is 4.79 Å². The van der Waals surface area contributed by atoms with Crippen LogP contribution in [0.1, 0.15) is 33.4 Å². The summed E-state index contributed by atoms with van der Waals surface area (Å²) in [5.74, 6) is 0. The molecule has 5 nitrogen and oxygen atoms in total. The normalized spacial score (nSPS) is 11.3. The smallest absolute Gasteiger partial charge is 0.422 e. The Labute approximate surface area is 102 Å². The minimum absolute atomic E-state index is 0.466. The average molecular weight is 239 g/mol. The Morgan fingerprint density at radius 2 is 2.18 bits per heavy atom. The summed E-state index contributed by atoms with van der Waals surface area (Å²) in [6.45, 7) is 9.04. The van der Waals surface area contributed by atoms with Crippen molar-refractivity contribution in [3.05, 3.63) is 24.0 Å². The molecule has 0 spiro atoms. The maximum Gasteiger partial charge on any atom is 0.422 e. The van der Waals surface area contributed by atoms with E-state index in [1.165, 1.54) is 0 Å². The molecule has 17 heavy (non-hydrogen) atoms. The van der Waals surface area contributed by atoms with Crippen molar-refractivity contribution in [1.82, 2.24) is 15.4 Å². The van der Waals surface area contributed by atoms with Crippen molar-refractivity contribution in [3.63, 3.8) is 0 Å². The minimum Gasteiger partial charge on any atom is -0.443 e. The van der Waals surface area contributed by atoms with Crippen LogP contribution in [0.5, 0.6) is 0 Å². The van der Waals surface area contributed by atoms with E-state index in [1.54, 1.807) is 0 Å². The van der Waals surface area contributed by atoms with Gasteiger partial charge in [0.25, 0.3) is 0 Å². The van der Waals surface area contributed by atoms with E-state index < -0.39 is 11.7 Å². The van der Waals surface area contributed by atoms with Crippen molar-refractivity contribution in [3.8, 4) is 0 Å². The molecule has 0 saturated heterocycles. The van der Waals surface area contributed by atoms with Crippen LogP contribution in [0.3, 0.4) is 0 Å². The van der Waals surface area contributed by atoms with Gasteiger partial charge in [0.1, 0.15) is 5.60 Å². The number of nitrogens with one attached hydrogen (secondary N) is 2. The molecule has 0 radical (unpaired) electrons. The van der Waals surface area contributed by atoms with Gasteiger partial charge in [-0.3, -0.25) is 5.43 Å². The van der Waals surface area contributed by atoms with Crippen molar-refractivity contribution in [1.29, 1.82) is 0 Å². The van der Waals surface area contributed by atoms with E-state index in [4.69, 9.17) is 4.74 Å². The lowest BCUT2D eigenvalue weighted by molar-refractivity contribution is 0.0496. The van der Waals surface area contributed by atoms with Gasteiger partial charge < -0.3 is 9.30 Å². The lowest BCUT2D eigenvalue weighted by atomic mass is 10.2. The summed E-state index contributed by atoms with van der Waals surface area (Å²) in [6, 6.07) is 3.99.